The Balaban J connectivity index is 2.73. The lowest BCUT2D eigenvalue weighted by atomic mass is 10.3. The fourth-order valence-corrected chi connectivity index (χ4v) is 0.910. The molecule has 0 saturated carbocycles. The predicted molar refractivity (Wildman–Crippen MR) is 54.5 cm³/mol. The zero-order valence-corrected chi connectivity index (χ0v) is 7.95. The Bertz CT molecular complexity index is 361. The summed E-state index contributed by atoms with van der Waals surface area (Å²) in [5.41, 5.74) is 1.76. The zero-order chi connectivity index (χ0) is 10.6. The van der Waals surface area contributed by atoms with E-state index in [4.69, 9.17) is 5.11 Å². The van der Waals surface area contributed by atoms with Gasteiger partial charge in [0.05, 0.1) is 0 Å². The highest BCUT2D eigenvalue weighted by molar-refractivity contribution is 5.86. The Hall–Kier alpha value is -1.84. The van der Waals surface area contributed by atoms with E-state index in [0.717, 1.165) is 11.3 Å². The van der Waals surface area contributed by atoms with Crippen LogP contribution in [0.25, 0.3) is 0 Å². The van der Waals surface area contributed by atoms with Gasteiger partial charge < -0.3 is 10.4 Å². The molecule has 0 aromatic carbocycles. The van der Waals surface area contributed by atoms with Crippen LogP contribution in [0.1, 0.15) is 17.4 Å². The molecule has 0 unspecified atom stereocenters. The summed E-state index contributed by atoms with van der Waals surface area (Å²) in [6.07, 6.45) is 1.46. The van der Waals surface area contributed by atoms with Crippen LogP contribution in [0.4, 0.5) is 5.69 Å². The maximum atomic E-state index is 10.6. The van der Waals surface area contributed by atoms with Gasteiger partial charge in [-0.25, -0.2) is 9.78 Å². The van der Waals surface area contributed by atoms with Crippen LogP contribution in [0, 0.1) is 0 Å². The van der Waals surface area contributed by atoms with Gasteiger partial charge in [0.15, 0.2) is 0 Å². The molecule has 1 aromatic heterocycles. The van der Waals surface area contributed by atoms with E-state index in [9.17, 15) is 4.79 Å². The molecule has 0 amide bonds. The number of aromatic nitrogens is 1. The summed E-state index contributed by atoms with van der Waals surface area (Å²) < 4.78 is 0. The van der Waals surface area contributed by atoms with E-state index in [1.807, 2.05) is 6.92 Å². The van der Waals surface area contributed by atoms with Gasteiger partial charge in [-0.15, -0.1) is 0 Å². The molecule has 74 valence electrons. The summed E-state index contributed by atoms with van der Waals surface area (Å²) in [7, 11) is 0. The van der Waals surface area contributed by atoms with Gasteiger partial charge in [0, 0.05) is 18.4 Å². The smallest absolute Gasteiger partial charge is 0.354 e. The van der Waals surface area contributed by atoms with Crippen molar-refractivity contribution in [2.45, 2.75) is 6.92 Å². The predicted octanol–water partition coefficient (Wildman–Crippen LogP) is 1.77. The van der Waals surface area contributed by atoms with Gasteiger partial charge in [-0.1, -0.05) is 12.2 Å². The second-order valence-corrected chi connectivity index (χ2v) is 3.05. The van der Waals surface area contributed by atoms with Crippen molar-refractivity contribution < 1.29 is 9.90 Å². The molecule has 1 rings (SSSR count). The lowest BCUT2D eigenvalue weighted by Gasteiger charge is -2.05. The minimum Gasteiger partial charge on any atom is -0.477 e. The minimum absolute atomic E-state index is 0.0386. The van der Waals surface area contributed by atoms with Crippen LogP contribution >= 0.6 is 0 Å². The molecule has 0 spiro atoms. The second-order valence-electron chi connectivity index (χ2n) is 3.05. The van der Waals surface area contributed by atoms with Crippen molar-refractivity contribution in [3.8, 4) is 0 Å². The maximum absolute atomic E-state index is 10.6. The van der Waals surface area contributed by atoms with Crippen molar-refractivity contribution in [2.75, 3.05) is 11.9 Å². The number of nitrogens with one attached hydrogen (secondary N) is 1. The number of aromatic carboxylic acids is 1. The van der Waals surface area contributed by atoms with Crippen LogP contribution in [0.3, 0.4) is 0 Å². The summed E-state index contributed by atoms with van der Waals surface area (Å²) >= 11 is 0. The van der Waals surface area contributed by atoms with Crippen molar-refractivity contribution in [3.05, 3.63) is 36.2 Å². The fraction of sp³-hybridized carbons (Fsp3) is 0.200. The molecule has 0 atom stereocenters. The van der Waals surface area contributed by atoms with E-state index >= 15 is 0 Å². The van der Waals surface area contributed by atoms with Crippen molar-refractivity contribution in [2.24, 2.45) is 0 Å². The van der Waals surface area contributed by atoms with Crippen LogP contribution in [-0.2, 0) is 0 Å². The maximum Gasteiger partial charge on any atom is 0.354 e. The molecule has 0 aliphatic heterocycles. The molecule has 0 radical (unpaired) electrons. The van der Waals surface area contributed by atoms with Gasteiger partial charge in [-0.3, -0.25) is 0 Å². The van der Waals surface area contributed by atoms with Crippen LogP contribution < -0.4 is 5.32 Å². The van der Waals surface area contributed by atoms with E-state index in [0.29, 0.717) is 6.54 Å². The molecular formula is C10H12N2O2. The molecule has 0 aliphatic rings. The Kier molecular flexibility index (Phi) is 3.23. The van der Waals surface area contributed by atoms with Crippen molar-refractivity contribution in [3.63, 3.8) is 0 Å². The van der Waals surface area contributed by atoms with Gasteiger partial charge in [-0.05, 0) is 19.1 Å². The molecular weight excluding hydrogens is 180 g/mol. The third-order valence-electron chi connectivity index (χ3n) is 1.57. The molecule has 14 heavy (non-hydrogen) atoms. The van der Waals surface area contributed by atoms with Crippen molar-refractivity contribution in [1.29, 1.82) is 0 Å². The standard InChI is InChI=1S/C10H12N2O2/c1-7(2)6-12-8-3-4-11-9(5-8)10(13)14/h3-5H,1,6H2,2H3,(H,11,12)(H,13,14). The third-order valence-corrected chi connectivity index (χ3v) is 1.57. The van der Waals surface area contributed by atoms with E-state index in [1.165, 1.54) is 12.3 Å². The van der Waals surface area contributed by atoms with Crippen LogP contribution in [-0.4, -0.2) is 22.6 Å². The summed E-state index contributed by atoms with van der Waals surface area (Å²) in [6.45, 7) is 6.26. The van der Waals surface area contributed by atoms with Gasteiger partial charge in [0.2, 0.25) is 0 Å². The summed E-state index contributed by atoms with van der Waals surface area (Å²) in [5.74, 6) is -1.02. The van der Waals surface area contributed by atoms with Gasteiger partial charge in [-0.2, -0.15) is 0 Å². The number of carbonyl (C=O) groups is 1. The number of carboxylic acids is 1. The van der Waals surface area contributed by atoms with E-state index in [1.54, 1.807) is 6.07 Å². The molecule has 0 aliphatic carbocycles. The normalized spacial score (nSPS) is 9.50. The summed E-state index contributed by atoms with van der Waals surface area (Å²) in [6, 6.07) is 3.21. The van der Waals surface area contributed by atoms with Gasteiger partial charge >= 0.3 is 5.97 Å². The molecule has 4 nitrogen and oxygen atoms in total. The highest BCUT2D eigenvalue weighted by Gasteiger charge is 2.03. The number of anilines is 1. The highest BCUT2D eigenvalue weighted by Crippen LogP contribution is 2.08. The molecule has 0 bridgehead atoms. The summed E-state index contributed by atoms with van der Waals surface area (Å²) in [5, 5.41) is 11.7. The Labute approximate surface area is 82.3 Å². The first-order chi connectivity index (χ1) is 6.59. The fourth-order valence-electron chi connectivity index (χ4n) is 0.910. The second kappa shape index (κ2) is 4.41. The third kappa shape index (κ3) is 2.90. The first kappa shape index (κ1) is 10.2. The first-order valence-electron chi connectivity index (χ1n) is 4.17. The lowest BCUT2D eigenvalue weighted by molar-refractivity contribution is 0.0690. The lowest BCUT2D eigenvalue weighted by Crippen LogP contribution is -2.05. The van der Waals surface area contributed by atoms with E-state index < -0.39 is 5.97 Å². The quantitative estimate of drug-likeness (QED) is 0.713. The average molecular weight is 192 g/mol. The monoisotopic (exact) mass is 192 g/mol. The number of hydrogen-bond acceptors (Lipinski definition) is 3. The molecule has 4 heteroatoms. The Morgan fingerprint density at radius 3 is 3.00 bits per heavy atom. The number of carboxylic acid groups (broad SMARTS) is 1. The van der Waals surface area contributed by atoms with E-state index in [2.05, 4.69) is 16.9 Å². The number of rotatable bonds is 4. The number of hydrogen-bond donors (Lipinski definition) is 2. The van der Waals surface area contributed by atoms with Crippen molar-refractivity contribution in [1.82, 2.24) is 4.98 Å². The largest absolute Gasteiger partial charge is 0.477 e. The van der Waals surface area contributed by atoms with Crippen LogP contribution in [0.15, 0.2) is 30.5 Å². The van der Waals surface area contributed by atoms with Crippen LogP contribution in [0.5, 0.6) is 0 Å². The topological polar surface area (TPSA) is 62.2 Å². The average Bonchev–Trinajstić information content (AvgIpc) is 2.15. The molecule has 0 fully saturated rings. The summed E-state index contributed by atoms with van der Waals surface area (Å²) in [4.78, 5) is 14.3. The Morgan fingerprint density at radius 1 is 1.71 bits per heavy atom. The van der Waals surface area contributed by atoms with Crippen LogP contribution in [0.2, 0.25) is 0 Å². The first-order valence-corrected chi connectivity index (χ1v) is 4.17. The Morgan fingerprint density at radius 2 is 2.43 bits per heavy atom. The van der Waals surface area contributed by atoms with Gasteiger partial charge in [0.25, 0.3) is 0 Å². The highest BCUT2D eigenvalue weighted by atomic mass is 16.4. The molecule has 1 heterocycles. The zero-order valence-electron chi connectivity index (χ0n) is 7.95. The number of pyridine rings is 1. The number of nitrogens with zero attached hydrogens (tertiary/aromatic N) is 1. The van der Waals surface area contributed by atoms with Crippen molar-refractivity contribution >= 4 is 11.7 Å². The van der Waals surface area contributed by atoms with Gasteiger partial charge in [0.1, 0.15) is 5.69 Å². The molecule has 0 saturated heterocycles. The molecule has 2 N–H and O–H groups in total. The SMILES string of the molecule is C=C(C)CNc1ccnc(C(=O)O)c1. The van der Waals surface area contributed by atoms with E-state index in [-0.39, 0.29) is 5.69 Å². The molecule has 1 aromatic rings. The minimum atomic E-state index is -1.02.